The van der Waals surface area contributed by atoms with E-state index >= 15 is 0 Å². The van der Waals surface area contributed by atoms with Crippen LogP contribution in [0.1, 0.15) is 52.2 Å². The molecule has 2 nitrogen and oxygen atoms in total. The minimum absolute atomic E-state index is 0.468. The lowest BCUT2D eigenvalue weighted by Gasteiger charge is -2.30. The van der Waals surface area contributed by atoms with Crippen LogP contribution in [0.25, 0.3) is 0 Å². The van der Waals surface area contributed by atoms with Crippen LogP contribution in [0.3, 0.4) is 0 Å². The van der Waals surface area contributed by atoms with E-state index in [1.54, 1.807) is 0 Å². The maximum absolute atomic E-state index is 10.7. The fraction of sp³-hybridized carbons (Fsp3) is 0.333. The number of aliphatic hydroxyl groups excluding tert-OH is 2. The molecule has 0 fully saturated rings. The summed E-state index contributed by atoms with van der Waals surface area (Å²) >= 11 is 0. The number of allylic oxidation sites excluding steroid dienone is 2. The molecule has 0 heterocycles. The Kier molecular flexibility index (Phi) is 8.68. The molecule has 2 unspecified atom stereocenters. The summed E-state index contributed by atoms with van der Waals surface area (Å²) in [4.78, 5) is 0. The molecule has 2 N–H and O–H groups in total. The van der Waals surface area contributed by atoms with Gasteiger partial charge in [0.25, 0.3) is 0 Å². The van der Waals surface area contributed by atoms with E-state index in [0.717, 1.165) is 22.3 Å². The minimum Gasteiger partial charge on any atom is -0.380 e. The average molecular weight is 427 g/mol. The van der Waals surface area contributed by atoms with Gasteiger partial charge in [0.1, 0.15) is 12.2 Å². The first-order valence-corrected chi connectivity index (χ1v) is 10.9. The van der Waals surface area contributed by atoms with Gasteiger partial charge in [0.15, 0.2) is 0 Å². The summed E-state index contributed by atoms with van der Waals surface area (Å²) in [5.74, 6) is 12.0. The van der Waals surface area contributed by atoms with Gasteiger partial charge >= 0.3 is 0 Å². The Balaban J connectivity index is 2.07. The van der Waals surface area contributed by atoms with Crippen molar-refractivity contribution in [3.8, 4) is 23.7 Å². The highest BCUT2D eigenvalue weighted by molar-refractivity contribution is 5.37. The quantitative estimate of drug-likeness (QED) is 0.456. The van der Waals surface area contributed by atoms with Crippen molar-refractivity contribution >= 4 is 0 Å². The minimum atomic E-state index is -0.819. The predicted molar refractivity (Wildman–Crippen MR) is 134 cm³/mol. The molecule has 0 saturated heterocycles. The van der Waals surface area contributed by atoms with Crippen LogP contribution in [0.4, 0.5) is 0 Å². The maximum Gasteiger partial charge on any atom is 0.123 e. The first-order chi connectivity index (χ1) is 15.0. The van der Waals surface area contributed by atoms with Gasteiger partial charge in [-0.15, -0.1) is 0 Å². The molecule has 0 spiro atoms. The van der Waals surface area contributed by atoms with Gasteiger partial charge in [0.05, 0.1) is 0 Å². The largest absolute Gasteiger partial charge is 0.380 e. The first kappa shape index (κ1) is 25.2. The molecule has 0 aliphatic carbocycles. The molecule has 0 saturated carbocycles. The molecule has 2 aromatic carbocycles. The molecule has 0 amide bonds. The molecular formula is C30H34O2. The van der Waals surface area contributed by atoms with Gasteiger partial charge < -0.3 is 10.2 Å². The van der Waals surface area contributed by atoms with Crippen LogP contribution < -0.4 is 0 Å². The van der Waals surface area contributed by atoms with Crippen molar-refractivity contribution in [3.05, 3.63) is 95.6 Å². The van der Waals surface area contributed by atoms with Crippen LogP contribution >= 0.6 is 0 Å². The van der Waals surface area contributed by atoms with E-state index in [9.17, 15) is 10.2 Å². The van der Waals surface area contributed by atoms with E-state index in [2.05, 4.69) is 30.3 Å². The Labute approximate surface area is 193 Å². The lowest BCUT2D eigenvalue weighted by Crippen LogP contribution is -2.29. The summed E-state index contributed by atoms with van der Waals surface area (Å²) in [7, 11) is 0. The SMILES string of the molecule is C=C(CC(C)(C)C(O)C#Cc1ccccc1)/C(C)=C/C(C)(C)C(O)C#Cc1ccccc1. The second-order valence-corrected chi connectivity index (χ2v) is 9.49. The maximum atomic E-state index is 10.7. The first-order valence-electron chi connectivity index (χ1n) is 10.9. The Morgan fingerprint density at radius 2 is 1.28 bits per heavy atom. The third-order valence-corrected chi connectivity index (χ3v) is 5.51. The van der Waals surface area contributed by atoms with E-state index in [4.69, 9.17) is 0 Å². The predicted octanol–water partition coefficient (Wildman–Crippen LogP) is 5.76. The summed E-state index contributed by atoms with van der Waals surface area (Å²) in [6, 6.07) is 19.3. The van der Waals surface area contributed by atoms with E-state index in [1.165, 1.54) is 0 Å². The zero-order valence-corrected chi connectivity index (χ0v) is 19.8. The van der Waals surface area contributed by atoms with Gasteiger partial charge in [-0.1, -0.05) is 112 Å². The molecule has 166 valence electrons. The molecule has 0 bridgehead atoms. The van der Waals surface area contributed by atoms with Gasteiger partial charge in [-0.25, -0.2) is 0 Å². The Hall–Kier alpha value is -3.04. The van der Waals surface area contributed by atoms with Crippen molar-refractivity contribution in [2.45, 2.75) is 53.2 Å². The second-order valence-electron chi connectivity index (χ2n) is 9.49. The number of benzene rings is 2. The molecule has 0 aliphatic heterocycles. The van der Waals surface area contributed by atoms with Gasteiger partial charge in [-0.3, -0.25) is 0 Å². The molecule has 32 heavy (non-hydrogen) atoms. The lowest BCUT2D eigenvalue weighted by molar-refractivity contribution is 0.0992. The van der Waals surface area contributed by atoms with Gasteiger partial charge in [-0.05, 0) is 37.6 Å². The van der Waals surface area contributed by atoms with Crippen molar-refractivity contribution in [1.29, 1.82) is 0 Å². The Bertz CT molecular complexity index is 1050. The average Bonchev–Trinajstić information content (AvgIpc) is 2.76. The van der Waals surface area contributed by atoms with E-state index in [-0.39, 0.29) is 0 Å². The van der Waals surface area contributed by atoms with Crippen LogP contribution in [0.2, 0.25) is 0 Å². The normalized spacial score (nSPS) is 13.8. The van der Waals surface area contributed by atoms with Crippen LogP contribution in [-0.2, 0) is 0 Å². The van der Waals surface area contributed by atoms with Crippen LogP contribution in [0.15, 0.2) is 84.5 Å². The second kappa shape index (κ2) is 11.0. The third-order valence-electron chi connectivity index (χ3n) is 5.51. The van der Waals surface area contributed by atoms with Crippen molar-refractivity contribution in [3.63, 3.8) is 0 Å². The molecule has 2 heteroatoms. The smallest absolute Gasteiger partial charge is 0.123 e. The number of rotatable bonds is 6. The highest BCUT2D eigenvalue weighted by Gasteiger charge is 2.29. The number of aliphatic hydroxyl groups is 2. The molecule has 0 radical (unpaired) electrons. The Morgan fingerprint density at radius 1 is 0.844 bits per heavy atom. The topological polar surface area (TPSA) is 40.5 Å². The summed E-state index contributed by atoms with van der Waals surface area (Å²) < 4.78 is 0. The monoisotopic (exact) mass is 426 g/mol. The number of hydrogen-bond donors (Lipinski definition) is 2. The van der Waals surface area contributed by atoms with Gasteiger partial charge in [-0.2, -0.15) is 0 Å². The van der Waals surface area contributed by atoms with Crippen LogP contribution in [0.5, 0.6) is 0 Å². The van der Waals surface area contributed by atoms with Gasteiger partial charge in [0, 0.05) is 22.0 Å². The van der Waals surface area contributed by atoms with Crippen molar-refractivity contribution in [1.82, 2.24) is 0 Å². The fourth-order valence-corrected chi connectivity index (χ4v) is 3.25. The summed E-state index contributed by atoms with van der Waals surface area (Å²) in [5, 5.41) is 21.3. The van der Waals surface area contributed by atoms with Crippen molar-refractivity contribution in [2.24, 2.45) is 10.8 Å². The fourth-order valence-electron chi connectivity index (χ4n) is 3.25. The zero-order valence-electron chi connectivity index (χ0n) is 19.8. The standard InChI is InChI=1S/C30H34O2/c1-23(21-29(3,4)27(31)19-17-25-13-9-7-10-14-25)24(2)22-30(5,6)28(32)20-18-26-15-11-8-12-16-26/h7-16,22,27-28,31-32H,1,21H2,2-6H3/b24-22+. The van der Waals surface area contributed by atoms with E-state index in [0.29, 0.717) is 6.42 Å². The highest BCUT2D eigenvalue weighted by Crippen LogP contribution is 2.33. The lowest BCUT2D eigenvalue weighted by atomic mass is 9.77. The van der Waals surface area contributed by atoms with E-state index < -0.39 is 23.0 Å². The molecule has 2 rings (SSSR count). The molecule has 2 atom stereocenters. The third kappa shape index (κ3) is 7.58. The summed E-state index contributed by atoms with van der Waals surface area (Å²) in [6.45, 7) is 14.1. The van der Waals surface area contributed by atoms with Crippen LogP contribution in [-0.4, -0.2) is 22.4 Å². The summed E-state index contributed by atoms with van der Waals surface area (Å²) in [5.41, 5.74) is 2.62. The van der Waals surface area contributed by atoms with E-state index in [1.807, 2.05) is 101 Å². The molecular weight excluding hydrogens is 392 g/mol. The Morgan fingerprint density at radius 3 is 1.75 bits per heavy atom. The van der Waals surface area contributed by atoms with Crippen LogP contribution in [0, 0.1) is 34.5 Å². The molecule has 0 aromatic heterocycles. The van der Waals surface area contributed by atoms with Gasteiger partial charge in [0.2, 0.25) is 0 Å². The van der Waals surface area contributed by atoms with Crippen molar-refractivity contribution in [2.75, 3.05) is 0 Å². The molecule has 0 aliphatic rings. The number of hydrogen-bond acceptors (Lipinski definition) is 2. The zero-order chi connectivity index (χ0) is 23.8. The highest BCUT2D eigenvalue weighted by atomic mass is 16.3. The summed E-state index contributed by atoms with van der Waals surface area (Å²) in [6.07, 6.45) is 0.989. The molecule has 2 aromatic rings. The van der Waals surface area contributed by atoms with Crippen molar-refractivity contribution < 1.29 is 10.2 Å².